The molecule has 114 valence electrons. The number of fused-ring (bicyclic) bond motifs is 1. The number of nitrogens with two attached hydrogens (primary N) is 1. The highest BCUT2D eigenvalue weighted by Crippen LogP contribution is 2.29. The molecule has 0 heterocycles. The van der Waals surface area contributed by atoms with Crippen molar-refractivity contribution in [3.63, 3.8) is 0 Å². The van der Waals surface area contributed by atoms with Gasteiger partial charge in [-0.15, -0.1) is 0 Å². The van der Waals surface area contributed by atoms with E-state index < -0.39 is 5.54 Å². The van der Waals surface area contributed by atoms with Gasteiger partial charge in [0.25, 0.3) is 0 Å². The van der Waals surface area contributed by atoms with E-state index in [1.54, 1.807) is 6.92 Å². The number of benzene rings is 2. The zero-order valence-electron chi connectivity index (χ0n) is 12.9. The fraction of sp³-hybridized carbons (Fsp3) is 0.316. The summed E-state index contributed by atoms with van der Waals surface area (Å²) in [6, 6.07) is 15.6. The van der Waals surface area contributed by atoms with E-state index in [4.69, 9.17) is 5.73 Å². The van der Waals surface area contributed by atoms with Gasteiger partial charge in [-0.2, -0.15) is 0 Å². The van der Waals surface area contributed by atoms with E-state index >= 15 is 0 Å². The lowest BCUT2D eigenvalue weighted by molar-refractivity contribution is -0.120. The summed E-state index contributed by atoms with van der Waals surface area (Å²) in [7, 11) is 0. The average molecular weight is 294 g/mol. The van der Waals surface area contributed by atoms with Gasteiger partial charge < -0.3 is 11.1 Å². The number of hydrogen-bond acceptors (Lipinski definition) is 2. The second-order valence-electron chi connectivity index (χ2n) is 6.17. The zero-order chi connectivity index (χ0) is 15.6. The van der Waals surface area contributed by atoms with E-state index in [2.05, 4.69) is 11.4 Å². The minimum Gasteiger partial charge on any atom is -0.324 e. The van der Waals surface area contributed by atoms with Gasteiger partial charge in [0.15, 0.2) is 0 Å². The molecule has 3 N–H and O–H groups in total. The minimum atomic E-state index is -1.04. The van der Waals surface area contributed by atoms with Gasteiger partial charge in [-0.1, -0.05) is 42.5 Å². The Balaban J connectivity index is 1.86. The van der Waals surface area contributed by atoms with E-state index in [9.17, 15) is 4.79 Å². The molecule has 1 atom stereocenters. The van der Waals surface area contributed by atoms with Gasteiger partial charge >= 0.3 is 0 Å². The van der Waals surface area contributed by atoms with Gasteiger partial charge in [-0.3, -0.25) is 4.79 Å². The monoisotopic (exact) mass is 294 g/mol. The molecule has 0 saturated heterocycles. The van der Waals surface area contributed by atoms with E-state index in [0.29, 0.717) is 0 Å². The Labute approximate surface area is 131 Å². The number of anilines is 1. The Morgan fingerprint density at radius 2 is 1.77 bits per heavy atom. The molecule has 3 rings (SSSR count). The van der Waals surface area contributed by atoms with Crippen molar-refractivity contribution in [2.75, 3.05) is 5.32 Å². The number of carbonyl (C=O) groups excluding carboxylic acids is 1. The standard InChI is InChI=1S/C19H22N2O/c1-19(20,15-10-3-2-4-11-15)18(22)21-17-13-7-9-14-8-5-6-12-16(14)17/h2-4,7,9-11,13H,5-6,8,12,20H2,1H3,(H,21,22). The first-order chi connectivity index (χ1) is 10.6. The van der Waals surface area contributed by atoms with Gasteiger partial charge in [0.2, 0.25) is 5.91 Å². The third-order valence-corrected chi connectivity index (χ3v) is 4.49. The predicted octanol–water partition coefficient (Wildman–Crippen LogP) is 3.38. The van der Waals surface area contributed by atoms with Crippen LogP contribution < -0.4 is 11.1 Å². The summed E-state index contributed by atoms with van der Waals surface area (Å²) in [5.74, 6) is -0.169. The van der Waals surface area contributed by atoms with Gasteiger partial charge in [0.05, 0.1) is 0 Å². The maximum atomic E-state index is 12.7. The fourth-order valence-corrected chi connectivity index (χ4v) is 3.07. The van der Waals surface area contributed by atoms with Gasteiger partial charge in [0, 0.05) is 5.69 Å². The average Bonchev–Trinajstić information content (AvgIpc) is 2.56. The second-order valence-corrected chi connectivity index (χ2v) is 6.17. The van der Waals surface area contributed by atoms with Crippen molar-refractivity contribution in [3.8, 4) is 0 Å². The highest BCUT2D eigenvalue weighted by molar-refractivity contribution is 5.99. The molecule has 3 nitrogen and oxygen atoms in total. The molecular formula is C19H22N2O. The van der Waals surface area contributed by atoms with Crippen molar-refractivity contribution < 1.29 is 4.79 Å². The molecule has 0 spiro atoms. The maximum Gasteiger partial charge on any atom is 0.248 e. The van der Waals surface area contributed by atoms with Crippen LogP contribution in [0.4, 0.5) is 5.69 Å². The highest BCUT2D eigenvalue weighted by Gasteiger charge is 2.31. The van der Waals surface area contributed by atoms with Crippen LogP contribution >= 0.6 is 0 Å². The zero-order valence-corrected chi connectivity index (χ0v) is 12.9. The van der Waals surface area contributed by atoms with Crippen LogP contribution in [0.2, 0.25) is 0 Å². The molecule has 2 aromatic rings. The summed E-state index contributed by atoms with van der Waals surface area (Å²) in [4.78, 5) is 12.7. The van der Waals surface area contributed by atoms with Crippen LogP contribution in [0.5, 0.6) is 0 Å². The number of aryl methyl sites for hydroxylation is 1. The Hall–Kier alpha value is -2.13. The summed E-state index contributed by atoms with van der Waals surface area (Å²) < 4.78 is 0. The van der Waals surface area contributed by atoms with Crippen molar-refractivity contribution in [1.29, 1.82) is 0 Å². The van der Waals surface area contributed by atoms with Gasteiger partial charge in [0.1, 0.15) is 5.54 Å². The van der Waals surface area contributed by atoms with E-state index in [1.807, 2.05) is 42.5 Å². The van der Waals surface area contributed by atoms with Crippen LogP contribution in [-0.4, -0.2) is 5.91 Å². The smallest absolute Gasteiger partial charge is 0.248 e. The van der Waals surface area contributed by atoms with Crippen LogP contribution in [0.15, 0.2) is 48.5 Å². The summed E-state index contributed by atoms with van der Waals surface area (Å²) in [6.07, 6.45) is 4.53. The quantitative estimate of drug-likeness (QED) is 0.912. The molecule has 0 fully saturated rings. The van der Waals surface area contributed by atoms with Crippen molar-refractivity contribution >= 4 is 11.6 Å². The molecule has 2 aromatic carbocycles. The normalized spacial score (nSPS) is 16.5. The molecule has 0 saturated carbocycles. The molecule has 1 aliphatic carbocycles. The predicted molar refractivity (Wildman–Crippen MR) is 89.7 cm³/mol. The lowest BCUT2D eigenvalue weighted by Crippen LogP contribution is -2.45. The molecule has 1 amide bonds. The lowest BCUT2D eigenvalue weighted by Gasteiger charge is -2.26. The van der Waals surface area contributed by atoms with Crippen LogP contribution in [0.3, 0.4) is 0 Å². The summed E-state index contributed by atoms with van der Waals surface area (Å²) in [5.41, 5.74) is 9.60. The minimum absolute atomic E-state index is 0.169. The second kappa shape index (κ2) is 5.93. The van der Waals surface area contributed by atoms with Gasteiger partial charge in [-0.05, 0) is 55.4 Å². The number of rotatable bonds is 3. The molecule has 22 heavy (non-hydrogen) atoms. The molecule has 0 bridgehead atoms. The third-order valence-electron chi connectivity index (χ3n) is 4.49. The Bertz CT molecular complexity index is 677. The van der Waals surface area contributed by atoms with Crippen molar-refractivity contribution in [1.82, 2.24) is 0 Å². The topological polar surface area (TPSA) is 55.1 Å². The summed E-state index contributed by atoms with van der Waals surface area (Å²) >= 11 is 0. The van der Waals surface area contributed by atoms with Crippen LogP contribution in [-0.2, 0) is 23.2 Å². The molecule has 0 aliphatic heterocycles. The third kappa shape index (κ3) is 2.77. The van der Waals surface area contributed by atoms with Crippen molar-refractivity contribution in [2.24, 2.45) is 5.73 Å². The summed E-state index contributed by atoms with van der Waals surface area (Å²) in [6.45, 7) is 1.76. The number of nitrogens with one attached hydrogen (secondary N) is 1. The van der Waals surface area contributed by atoms with Crippen molar-refractivity contribution in [2.45, 2.75) is 38.1 Å². The molecule has 1 unspecified atom stereocenters. The maximum absolute atomic E-state index is 12.7. The van der Waals surface area contributed by atoms with Gasteiger partial charge in [-0.25, -0.2) is 0 Å². The number of hydrogen-bond donors (Lipinski definition) is 2. The SMILES string of the molecule is CC(N)(C(=O)Nc1cccc2c1CCCC2)c1ccccc1. The molecular weight excluding hydrogens is 272 g/mol. The Morgan fingerprint density at radius 1 is 1.05 bits per heavy atom. The van der Waals surface area contributed by atoms with Crippen LogP contribution in [0.1, 0.15) is 36.5 Å². The lowest BCUT2D eigenvalue weighted by atomic mass is 9.89. The molecule has 0 aromatic heterocycles. The molecule has 0 radical (unpaired) electrons. The Kier molecular flexibility index (Phi) is 3.99. The Morgan fingerprint density at radius 3 is 2.55 bits per heavy atom. The van der Waals surface area contributed by atoms with Crippen LogP contribution in [0, 0.1) is 0 Å². The molecule has 3 heteroatoms. The van der Waals surface area contributed by atoms with E-state index in [1.165, 1.54) is 24.0 Å². The van der Waals surface area contributed by atoms with E-state index in [-0.39, 0.29) is 5.91 Å². The first-order valence-electron chi connectivity index (χ1n) is 7.85. The van der Waals surface area contributed by atoms with Crippen molar-refractivity contribution in [3.05, 3.63) is 65.2 Å². The van der Waals surface area contributed by atoms with Crippen LogP contribution in [0.25, 0.3) is 0 Å². The van der Waals surface area contributed by atoms with E-state index in [0.717, 1.165) is 24.1 Å². The summed E-state index contributed by atoms with van der Waals surface area (Å²) in [5, 5.41) is 3.04. The fourth-order valence-electron chi connectivity index (χ4n) is 3.07. The first-order valence-corrected chi connectivity index (χ1v) is 7.85. The first kappa shape index (κ1) is 14.8. The highest BCUT2D eigenvalue weighted by atomic mass is 16.2. The number of amides is 1. The molecule has 1 aliphatic rings. The largest absolute Gasteiger partial charge is 0.324 e. The number of carbonyl (C=O) groups is 1.